The lowest BCUT2D eigenvalue weighted by Gasteiger charge is -1.77. The van der Waals surface area contributed by atoms with Crippen molar-refractivity contribution in [3.63, 3.8) is 0 Å². The van der Waals surface area contributed by atoms with Gasteiger partial charge >= 0.3 is 0 Å². The number of hydrogen-bond donors (Lipinski definition) is 0. The lowest BCUT2D eigenvalue weighted by Crippen LogP contribution is -1.85. The Morgan fingerprint density at radius 3 is 2.88 bits per heavy atom. The molecule has 0 heterocycles. The van der Waals surface area contributed by atoms with Gasteiger partial charge in [0.1, 0.15) is 0 Å². The van der Waals surface area contributed by atoms with Gasteiger partial charge in [-0.2, -0.15) is 5.26 Å². The highest BCUT2D eigenvalue weighted by Gasteiger charge is 1.85. The Morgan fingerprint density at radius 2 is 2.50 bits per heavy atom. The third kappa shape index (κ3) is 3.10. The minimum Gasteiger partial charge on any atom is -0.295 e. The van der Waals surface area contributed by atoms with Crippen molar-refractivity contribution in [1.29, 1.82) is 5.26 Å². The van der Waals surface area contributed by atoms with Crippen molar-refractivity contribution in [3.05, 3.63) is 12.2 Å². The van der Waals surface area contributed by atoms with Gasteiger partial charge in [-0.1, -0.05) is 6.92 Å². The molecule has 2 heteroatoms. The van der Waals surface area contributed by atoms with E-state index >= 15 is 0 Å². The normalized spacial score (nSPS) is 9.00. The largest absolute Gasteiger partial charge is 0.295 e. The van der Waals surface area contributed by atoms with Crippen LogP contribution in [0.3, 0.4) is 0 Å². The van der Waals surface area contributed by atoms with Gasteiger partial charge in [-0.05, 0) is 6.08 Å². The summed E-state index contributed by atoms with van der Waals surface area (Å²) in [7, 11) is 0. The lowest BCUT2D eigenvalue weighted by atomic mass is 10.3. The molecular formula is C6H7NO. The zero-order valence-electron chi connectivity index (χ0n) is 4.72. The Balaban J connectivity index is 3.57. The minimum absolute atomic E-state index is 0.00782. The highest BCUT2D eigenvalue weighted by molar-refractivity contribution is 5.89. The first-order valence-corrected chi connectivity index (χ1v) is 2.40. The summed E-state index contributed by atoms with van der Waals surface area (Å²) in [5.74, 6) is -0.00782. The predicted octanol–water partition coefficient (Wildman–Crippen LogP) is 1.05. The van der Waals surface area contributed by atoms with Gasteiger partial charge in [-0.25, -0.2) is 0 Å². The number of carbonyl (C=O) groups excluding carboxylic acids is 1. The molecule has 0 aliphatic rings. The molecule has 0 aromatic carbocycles. The summed E-state index contributed by atoms with van der Waals surface area (Å²) in [6, 6.07) is 1.73. The van der Waals surface area contributed by atoms with E-state index < -0.39 is 0 Å². The maximum Gasteiger partial charge on any atom is 0.156 e. The van der Waals surface area contributed by atoms with Crippen LogP contribution in [0.15, 0.2) is 12.2 Å². The van der Waals surface area contributed by atoms with Crippen LogP contribution < -0.4 is 0 Å². The number of nitrogens with zero attached hydrogens (tertiary/aromatic N) is 1. The van der Waals surface area contributed by atoms with Crippen LogP contribution in [0.4, 0.5) is 0 Å². The van der Waals surface area contributed by atoms with Gasteiger partial charge in [-0.15, -0.1) is 0 Å². The maximum absolute atomic E-state index is 10.3. The van der Waals surface area contributed by atoms with Crippen LogP contribution in [-0.4, -0.2) is 5.78 Å². The van der Waals surface area contributed by atoms with E-state index in [2.05, 4.69) is 0 Å². The molecule has 0 spiro atoms. The molecule has 0 aliphatic carbocycles. The van der Waals surface area contributed by atoms with E-state index in [0.717, 1.165) is 0 Å². The molecular weight excluding hydrogens is 102 g/mol. The minimum atomic E-state index is -0.00782. The summed E-state index contributed by atoms with van der Waals surface area (Å²) in [5, 5.41) is 7.92. The van der Waals surface area contributed by atoms with Crippen LogP contribution in [0.1, 0.15) is 13.3 Å². The monoisotopic (exact) mass is 109 g/mol. The van der Waals surface area contributed by atoms with Gasteiger partial charge in [0, 0.05) is 12.5 Å². The van der Waals surface area contributed by atoms with E-state index in [1.807, 2.05) is 0 Å². The Labute approximate surface area is 48.4 Å². The quantitative estimate of drug-likeness (QED) is 0.392. The van der Waals surface area contributed by atoms with Crippen molar-refractivity contribution >= 4 is 5.78 Å². The average molecular weight is 109 g/mol. The molecule has 42 valence electrons. The second-order valence-electron chi connectivity index (χ2n) is 1.28. The number of rotatable bonds is 2. The molecule has 0 aromatic heterocycles. The van der Waals surface area contributed by atoms with E-state index in [1.165, 1.54) is 12.2 Å². The third-order valence-electron chi connectivity index (χ3n) is 0.692. The van der Waals surface area contributed by atoms with Gasteiger partial charge in [-0.3, -0.25) is 4.79 Å². The van der Waals surface area contributed by atoms with Crippen molar-refractivity contribution < 1.29 is 4.79 Å². The number of ketones is 1. The molecule has 0 aromatic rings. The van der Waals surface area contributed by atoms with Crippen molar-refractivity contribution in [2.75, 3.05) is 0 Å². The van der Waals surface area contributed by atoms with Gasteiger partial charge in [0.2, 0.25) is 0 Å². The molecule has 0 saturated heterocycles. The average Bonchev–Trinajstić information content (AvgIpc) is 1.83. The molecule has 8 heavy (non-hydrogen) atoms. The van der Waals surface area contributed by atoms with Gasteiger partial charge in [0.15, 0.2) is 5.78 Å². The summed E-state index contributed by atoms with van der Waals surface area (Å²) in [6.45, 7) is 1.75. The fraction of sp³-hybridized carbons (Fsp3) is 0.333. The molecule has 0 saturated carbocycles. The Hall–Kier alpha value is -1.10. The molecule has 0 N–H and O–H groups in total. The van der Waals surface area contributed by atoms with E-state index in [1.54, 1.807) is 13.0 Å². The maximum atomic E-state index is 10.3. The van der Waals surface area contributed by atoms with Crippen LogP contribution in [0.2, 0.25) is 0 Å². The van der Waals surface area contributed by atoms with Crippen LogP contribution >= 0.6 is 0 Å². The molecule has 0 unspecified atom stereocenters. The van der Waals surface area contributed by atoms with Crippen LogP contribution in [-0.2, 0) is 4.79 Å². The summed E-state index contributed by atoms with van der Waals surface area (Å²) in [4.78, 5) is 10.3. The molecule has 2 nitrogen and oxygen atoms in total. The first-order chi connectivity index (χ1) is 3.81. The molecule has 0 rings (SSSR count). The Morgan fingerprint density at radius 1 is 1.88 bits per heavy atom. The molecule has 0 amide bonds. The van der Waals surface area contributed by atoms with E-state index in [4.69, 9.17) is 5.26 Å². The van der Waals surface area contributed by atoms with E-state index in [-0.39, 0.29) is 5.78 Å². The number of nitriles is 1. The fourth-order valence-corrected chi connectivity index (χ4v) is 0.248. The number of allylic oxidation sites excluding steroid dienone is 2. The van der Waals surface area contributed by atoms with Crippen molar-refractivity contribution in [2.45, 2.75) is 13.3 Å². The highest BCUT2D eigenvalue weighted by Crippen LogP contribution is 1.80. The van der Waals surface area contributed by atoms with Crippen molar-refractivity contribution in [2.24, 2.45) is 0 Å². The predicted molar refractivity (Wildman–Crippen MR) is 30.1 cm³/mol. The first kappa shape index (κ1) is 6.90. The Kier molecular flexibility index (Phi) is 3.51. The molecule has 0 radical (unpaired) electrons. The summed E-state index contributed by atoms with van der Waals surface area (Å²) >= 11 is 0. The SMILES string of the molecule is CCC(=O)/C=C/C#N. The van der Waals surface area contributed by atoms with Crippen LogP contribution in [0.25, 0.3) is 0 Å². The second kappa shape index (κ2) is 4.07. The lowest BCUT2D eigenvalue weighted by molar-refractivity contribution is -0.114. The van der Waals surface area contributed by atoms with Gasteiger partial charge in [0.25, 0.3) is 0 Å². The number of hydrogen-bond acceptors (Lipinski definition) is 2. The fourth-order valence-electron chi connectivity index (χ4n) is 0.248. The van der Waals surface area contributed by atoms with Gasteiger partial charge in [0.05, 0.1) is 6.07 Å². The van der Waals surface area contributed by atoms with Crippen LogP contribution in [0, 0.1) is 11.3 Å². The van der Waals surface area contributed by atoms with Crippen molar-refractivity contribution in [3.8, 4) is 6.07 Å². The molecule has 0 fully saturated rings. The zero-order chi connectivity index (χ0) is 6.41. The standard InChI is InChI=1S/C6H7NO/c1-2-6(8)4-3-5-7/h3-4H,2H2,1H3/b4-3+. The Bertz CT molecular complexity index is 141. The van der Waals surface area contributed by atoms with Gasteiger partial charge < -0.3 is 0 Å². The molecule has 0 aliphatic heterocycles. The topological polar surface area (TPSA) is 40.9 Å². The molecule has 0 bridgehead atoms. The highest BCUT2D eigenvalue weighted by atomic mass is 16.1. The smallest absolute Gasteiger partial charge is 0.156 e. The summed E-state index contributed by atoms with van der Waals surface area (Å²) < 4.78 is 0. The second-order valence-corrected chi connectivity index (χ2v) is 1.28. The molecule has 0 atom stereocenters. The van der Waals surface area contributed by atoms with Crippen LogP contribution in [0.5, 0.6) is 0 Å². The third-order valence-corrected chi connectivity index (χ3v) is 0.692. The van der Waals surface area contributed by atoms with Crippen molar-refractivity contribution in [1.82, 2.24) is 0 Å². The number of carbonyl (C=O) groups is 1. The van der Waals surface area contributed by atoms with E-state index in [9.17, 15) is 4.79 Å². The first-order valence-electron chi connectivity index (χ1n) is 2.40. The summed E-state index contributed by atoms with van der Waals surface area (Å²) in [6.07, 6.45) is 2.93. The zero-order valence-corrected chi connectivity index (χ0v) is 4.72. The van der Waals surface area contributed by atoms with E-state index in [0.29, 0.717) is 6.42 Å². The summed E-state index contributed by atoms with van der Waals surface area (Å²) in [5.41, 5.74) is 0.